The molecule has 2 nitrogen and oxygen atoms in total. The molecule has 18 heavy (non-hydrogen) atoms. The quantitative estimate of drug-likeness (QED) is 0.698. The third kappa shape index (κ3) is 1.85. The molecular formula is C15H13BrN2. The summed E-state index contributed by atoms with van der Waals surface area (Å²) < 4.78 is 1.06. The molecule has 1 N–H and O–H groups in total. The number of rotatable bonds is 1. The second kappa shape index (κ2) is 4.25. The molecule has 0 saturated carbocycles. The van der Waals surface area contributed by atoms with Gasteiger partial charge in [-0.25, -0.2) is 4.98 Å². The molecule has 1 aromatic heterocycles. The van der Waals surface area contributed by atoms with Crippen molar-refractivity contribution in [1.29, 1.82) is 0 Å². The summed E-state index contributed by atoms with van der Waals surface area (Å²) in [6.07, 6.45) is 0. The molecule has 90 valence electrons. The summed E-state index contributed by atoms with van der Waals surface area (Å²) in [4.78, 5) is 8.03. The summed E-state index contributed by atoms with van der Waals surface area (Å²) >= 11 is 3.48. The van der Waals surface area contributed by atoms with Crippen LogP contribution < -0.4 is 0 Å². The molecule has 0 aliphatic heterocycles. The van der Waals surface area contributed by atoms with Crippen molar-refractivity contribution >= 4 is 27.0 Å². The van der Waals surface area contributed by atoms with Crippen LogP contribution in [0.4, 0.5) is 0 Å². The number of halogens is 1. The average Bonchev–Trinajstić information content (AvgIpc) is 2.75. The lowest BCUT2D eigenvalue weighted by atomic mass is 10.0. The van der Waals surface area contributed by atoms with Gasteiger partial charge >= 0.3 is 0 Å². The Morgan fingerprint density at radius 3 is 2.78 bits per heavy atom. The summed E-state index contributed by atoms with van der Waals surface area (Å²) in [6, 6.07) is 12.4. The molecule has 3 aromatic rings. The van der Waals surface area contributed by atoms with Gasteiger partial charge in [0.25, 0.3) is 0 Å². The number of hydrogen-bond donors (Lipinski definition) is 1. The van der Waals surface area contributed by atoms with Gasteiger partial charge in [0.2, 0.25) is 0 Å². The number of nitrogens with zero attached hydrogens (tertiary/aromatic N) is 1. The van der Waals surface area contributed by atoms with E-state index in [9.17, 15) is 0 Å². The zero-order valence-corrected chi connectivity index (χ0v) is 11.9. The molecule has 3 heteroatoms. The molecule has 2 aromatic carbocycles. The summed E-state index contributed by atoms with van der Waals surface area (Å²) in [5.41, 5.74) is 5.78. The predicted molar refractivity (Wildman–Crippen MR) is 78.7 cm³/mol. The topological polar surface area (TPSA) is 28.7 Å². The van der Waals surface area contributed by atoms with Crippen molar-refractivity contribution in [1.82, 2.24) is 9.97 Å². The Morgan fingerprint density at radius 2 is 1.94 bits per heavy atom. The number of fused-ring (bicyclic) bond motifs is 1. The molecule has 0 amide bonds. The Kier molecular flexibility index (Phi) is 2.71. The van der Waals surface area contributed by atoms with Crippen LogP contribution in [0.2, 0.25) is 0 Å². The minimum atomic E-state index is 0.935. The van der Waals surface area contributed by atoms with Gasteiger partial charge in [-0.3, -0.25) is 0 Å². The van der Waals surface area contributed by atoms with Crippen molar-refractivity contribution in [2.24, 2.45) is 0 Å². The second-order valence-electron chi connectivity index (χ2n) is 4.49. The first kappa shape index (κ1) is 11.5. The van der Waals surface area contributed by atoms with Crippen LogP contribution in [0.3, 0.4) is 0 Å². The molecular weight excluding hydrogens is 288 g/mol. The summed E-state index contributed by atoms with van der Waals surface area (Å²) in [7, 11) is 0. The highest BCUT2D eigenvalue weighted by Gasteiger charge is 2.08. The van der Waals surface area contributed by atoms with Gasteiger partial charge in [0.05, 0.1) is 11.0 Å². The molecule has 0 saturated heterocycles. The van der Waals surface area contributed by atoms with Gasteiger partial charge in [-0.15, -0.1) is 0 Å². The number of nitrogens with one attached hydrogen (secondary N) is 1. The van der Waals surface area contributed by atoms with E-state index in [-0.39, 0.29) is 0 Å². The summed E-state index contributed by atoms with van der Waals surface area (Å²) in [5, 5.41) is 0. The van der Waals surface area contributed by atoms with Crippen molar-refractivity contribution in [2.75, 3.05) is 0 Å². The molecule has 1 heterocycles. The number of imidazole rings is 1. The maximum Gasteiger partial charge on any atom is 0.138 e. The number of aromatic amines is 1. The van der Waals surface area contributed by atoms with Crippen LogP contribution in [-0.4, -0.2) is 9.97 Å². The van der Waals surface area contributed by atoms with Crippen LogP contribution in [-0.2, 0) is 0 Å². The highest BCUT2D eigenvalue weighted by Crippen LogP contribution is 2.26. The van der Waals surface area contributed by atoms with Gasteiger partial charge in [0.1, 0.15) is 5.82 Å². The van der Waals surface area contributed by atoms with Crippen LogP contribution in [0, 0.1) is 13.8 Å². The van der Waals surface area contributed by atoms with Gasteiger partial charge in [-0.2, -0.15) is 0 Å². The van der Waals surface area contributed by atoms with Crippen molar-refractivity contribution in [3.63, 3.8) is 0 Å². The highest BCUT2D eigenvalue weighted by molar-refractivity contribution is 9.10. The molecule has 0 radical (unpaired) electrons. The Hall–Kier alpha value is -1.61. The molecule has 0 spiro atoms. The first-order valence-electron chi connectivity index (χ1n) is 5.87. The monoisotopic (exact) mass is 300 g/mol. The van der Waals surface area contributed by atoms with Gasteiger partial charge < -0.3 is 4.98 Å². The van der Waals surface area contributed by atoms with Crippen molar-refractivity contribution in [2.45, 2.75) is 13.8 Å². The van der Waals surface area contributed by atoms with Gasteiger partial charge in [0.15, 0.2) is 0 Å². The number of aromatic nitrogens is 2. The Morgan fingerprint density at radius 1 is 1.11 bits per heavy atom. The Bertz CT molecular complexity index is 728. The van der Waals surface area contributed by atoms with E-state index in [4.69, 9.17) is 0 Å². The average molecular weight is 301 g/mol. The zero-order chi connectivity index (χ0) is 12.7. The number of hydrogen-bond acceptors (Lipinski definition) is 1. The maximum absolute atomic E-state index is 4.65. The third-order valence-electron chi connectivity index (χ3n) is 3.30. The van der Waals surface area contributed by atoms with E-state index in [0.29, 0.717) is 0 Å². The van der Waals surface area contributed by atoms with Crippen LogP contribution in [0.5, 0.6) is 0 Å². The van der Waals surface area contributed by atoms with Crippen molar-refractivity contribution in [3.05, 3.63) is 52.0 Å². The SMILES string of the molecule is Cc1cccc(-c2nc3ccc(Br)cc3[nH]2)c1C. The molecule has 0 unspecified atom stereocenters. The van der Waals surface area contributed by atoms with E-state index >= 15 is 0 Å². The van der Waals surface area contributed by atoms with Gasteiger partial charge in [0, 0.05) is 10.0 Å². The first-order valence-corrected chi connectivity index (χ1v) is 6.66. The zero-order valence-electron chi connectivity index (χ0n) is 10.3. The van der Waals surface area contributed by atoms with E-state index < -0.39 is 0 Å². The second-order valence-corrected chi connectivity index (χ2v) is 5.41. The summed E-state index contributed by atoms with van der Waals surface area (Å²) in [6.45, 7) is 4.26. The minimum Gasteiger partial charge on any atom is -0.338 e. The lowest BCUT2D eigenvalue weighted by Gasteiger charge is -2.04. The maximum atomic E-state index is 4.65. The normalized spacial score (nSPS) is 11.1. The first-order chi connectivity index (χ1) is 8.65. The smallest absolute Gasteiger partial charge is 0.138 e. The van der Waals surface area contributed by atoms with Gasteiger partial charge in [-0.1, -0.05) is 34.1 Å². The van der Waals surface area contributed by atoms with Crippen LogP contribution >= 0.6 is 15.9 Å². The molecule has 0 bridgehead atoms. The molecule has 3 rings (SSSR count). The number of benzene rings is 2. The highest BCUT2D eigenvalue weighted by atomic mass is 79.9. The third-order valence-corrected chi connectivity index (χ3v) is 3.80. The molecule has 0 atom stereocenters. The Labute approximate surface area is 114 Å². The molecule has 0 aliphatic carbocycles. The van der Waals surface area contributed by atoms with Gasteiger partial charge in [-0.05, 0) is 43.2 Å². The van der Waals surface area contributed by atoms with E-state index in [2.05, 4.69) is 64.0 Å². The van der Waals surface area contributed by atoms with Crippen LogP contribution in [0.15, 0.2) is 40.9 Å². The summed E-state index contributed by atoms with van der Waals surface area (Å²) in [5.74, 6) is 0.935. The molecule has 0 fully saturated rings. The standard InChI is InChI=1S/C15H13BrN2/c1-9-4-3-5-12(10(9)2)15-17-13-7-6-11(16)8-14(13)18-15/h3-8H,1-2H3,(H,17,18). The van der Waals surface area contributed by atoms with E-state index in [0.717, 1.165) is 21.3 Å². The predicted octanol–water partition coefficient (Wildman–Crippen LogP) is 4.61. The number of H-pyrrole nitrogens is 1. The van der Waals surface area contributed by atoms with E-state index in [1.807, 2.05) is 12.1 Å². The van der Waals surface area contributed by atoms with Crippen molar-refractivity contribution < 1.29 is 0 Å². The minimum absolute atomic E-state index is 0.935. The lowest BCUT2D eigenvalue weighted by molar-refractivity contribution is 1.27. The lowest BCUT2D eigenvalue weighted by Crippen LogP contribution is -1.88. The molecule has 0 aliphatic rings. The van der Waals surface area contributed by atoms with E-state index in [1.165, 1.54) is 16.7 Å². The largest absolute Gasteiger partial charge is 0.338 e. The fourth-order valence-corrected chi connectivity index (χ4v) is 2.48. The van der Waals surface area contributed by atoms with Crippen LogP contribution in [0.1, 0.15) is 11.1 Å². The van der Waals surface area contributed by atoms with E-state index in [1.54, 1.807) is 0 Å². The fourth-order valence-electron chi connectivity index (χ4n) is 2.12. The van der Waals surface area contributed by atoms with Crippen molar-refractivity contribution in [3.8, 4) is 11.4 Å². The number of aryl methyl sites for hydroxylation is 1. The van der Waals surface area contributed by atoms with Crippen LogP contribution in [0.25, 0.3) is 22.4 Å². The Balaban J connectivity index is 2.22. The fraction of sp³-hybridized carbons (Fsp3) is 0.133.